The molecular weight excluding hydrogens is 311 g/mol. The third kappa shape index (κ3) is 16.6. The van der Waals surface area contributed by atoms with Crippen LogP contribution in [0.5, 0.6) is 0 Å². The second-order valence-electron chi connectivity index (χ2n) is 5.36. The van der Waals surface area contributed by atoms with Gasteiger partial charge in [-0.25, -0.2) is 4.57 Å². The van der Waals surface area contributed by atoms with E-state index in [1.54, 1.807) is 0 Å². The van der Waals surface area contributed by atoms with E-state index in [9.17, 15) is 9.46 Å². The topological polar surface area (TPSA) is 55.8 Å². The molecule has 0 aliphatic rings. The number of phosphoric ester groups is 1. The Labute approximate surface area is 135 Å². The lowest BCUT2D eigenvalue weighted by Crippen LogP contribution is -1.99. The molecule has 128 valence electrons. The minimum Gasteiger partial charge on any atom is -0.302 e. The monoisotopic (exact) mass is 342 g/mol. The van der Waals surface area contributed by atoms with Crippen molar-refractivity contribution in [3.63, 3.8) is 0 Å². The van der Waals surface area contributed by atoms with Crippen LogP contribution in [0.3, 0.4) is 0 Å². The van der Waals surface area contributed by atoms with Gasteiger partial charge < -0.3 is 4.89 Å². The molecule has 0 aromatic rings. The summed E-state index contributed by atoms with van der Waals surface area (Å²) in [7, 11) is -3.87. The van der Waals surface area contributed by atoms with Gasteiger partial charge in [0.1, 0.15) is 0 Å². The number of unbranched alkanes of at least 4 members (excludes halogenated alkanes) is 10. The van der Waals surface area contributed by atoms with Gasteiger partial charge in [-0.2, -0.15) is 0 Å². The van der Waals surface area contributed by atoms with E-state index in [2.05, 4.69) is 11.4 Å². The molecule has 0 spiro atoms. The van der Waals surface area contributed by atoms with Crippen LogP contribution in [-0.2, 0) is 13.6 Å². The first kappa shape index (κ1) is 21.4. The van der Waals surface area contributed by atoms with Crippen LogP contribution >= 0.6 is 19.4 Å². The van der Waals surface area contributed by atoms with Gasteiger partial charge in [0.05, 0.1) is 13.2 Å². The number of rotatable bonds is 16. The molecule has 0 aromatic heterocycles. The molecule has 21 heavy (non-hydrogen) atoms. The van der Waals surface area contributed by atoms with Crippen LogP contribution in [0.25, 0.3) is 0 Å². The Bertz CT molecular complexity index is 264. The standard InChI is InChI=1S/C15H32ClO4P/c1-2-3-4-5-6-7-8-9-10-11-12-14-19-21(17,18)20-15-13-16/h2-15H2,1H3,(H,17,18). The quantitative estimate of drug-likeness (QED) is 0.223. The maximum Gasteiger partial charge on any atom is 0.472 e. The molecule has 0 saturated carbocycles. The van der Waals surface area contributed by atoms with E-state index >= 15 is 0 Å². The number of hydrogen-bond acceptors (Lipinski definition) is 3. The Morgan fingerprint density at radius 1 is 0.810 bits per heavy atom. The van der Waals surface area contributed by atoms with Gasteiger partial charge in [0.15, 0.2) is 0 Å². The summed E-state index contributed by atoms with van der Waals surface area (Å²) in [6.07, 6.45) is 13.6. The maximum atomic E-state index is 11.3. The molecule has 0 amide bonds. The lowest BCUT2D eigenvalue weighted by Gasteiger charge is -2.10. The third-order valence-corrected chi connectivity index (χ3v) is 4.51. The van der Waals surface area contributed by atoms with Crippen molar-refractivity contribution in [1.82, 2.24) is 0 Å². The average molecular weight is 343 g/mol. The summed E-state index contributed by atoms with van der Waals surface area (Å²) in [5, 5.41) is 0. The van der Waals surface area contributed by atoms with Gasteiger partial charge in [-0.15, -0.1) is 11.6 Å². The third-order valence-electron chi connectivity index (χ3n) is 3.33. The van der Waals surface area contributed by atoms with Gasteiger partial charge in [0.2, 0.25) is 0 Å². The fourth-order valence-electron chi connectivity index (χ4n) is 2.13. The second kappa shape index (κ2) is 15.3. The Morgan fingerprint density at radius 3 is 1.71 bits per heavy atom. The minimum absolute atomic E-state index is 0.0353. The summed E-state index contributed by atoms with van der Waals surface area (Å²) in [4.78, 5) is 9.26. The number of halogens is 1. The van der Waals surface area contributed by atoms with E-state index in [0.717, 1.165) is 19.3 Å². The molecule has 0 aromatic carbocycles. The predicted octanol–water partition coefficient (Wildman–Crippen LogP) is 5.67. The van der Waals surface area contributed by atoms with Crippen molar-refractivity contribution >= 4 is 19.4 Å². The van der Waals surface area contributed by atoms with Crippen LogP contribution in [0.4, 0.5) is 0 Å². The van der Waals surface area contributed by atoms with Gasteiger partial charge in [-0.1, -0.05) is 71.1 Å². The van der Waals surface area contributed by atoms with Gasteiger partial charge in [0, 0.05) is 5.88 Å². The smallest absolute Gasteiger partial charge is 0.302 e. The molecule has 0 radical (unpaired) electrons. The Morgan fingerprint density at radius 2 is 1.24 bits per heavy atom. The molecule has 4 nitrogen and oxygen atoms in total. The highest BCUT2D eigenvalue weighted by Gasteiger charge is 2.19. The molecule has 1 atom stereocenters. The zero-order valence-corrected chi connectivity index (χ0v) is 15.0. The Hall–Kier alpha value is 0.400. The molecule has 1 N–H and O–H groups in total. The van der Waals surface area contributed by atoms with Crippen molar-refractivity contribution < 1.29 is 18.5 Å². The highest BCUT2D eigenvalue weighted by Crippen LogP contribution is 2.43. The molecule has 0 bridgehead atoms. The lowest BCUT2D eigenvalue weighted by atomic mass is 10.1. The van der Waals surface area contributed by atoms with E-state index in [1.807, 2.05) is 0 Å². The Balaban J connectivity index is 3.20. The van der Waals surface area contributed by atoms with E-state index < -0.39 is 7.82 Å². The number of alkyl halides is 1. The van der Waals surface area contributed by atoms with Crippen LogP contribution in [-0.4, -0.2) is 24.0 Å². The fraction of sp³-hybridized carbons (Fsp3) is 1.00. The highest BCUT2D eigenvalue weighted by atomic mass is 35.5. The normalized spacial score (nSPS) is 14.2. The molecule has 0 heterocycles. The van der Waals surface area contributed by atoms with Crippen molar-refractivity contribution in [3.8, 4) is 0 Å². The van der Waals surface area contributed by atoms with Crippen LogP contribution in [0.15, 0.2) is 0 Å². The zero-order valence-electron chi connectivity index (χ0n) is 13.4. The van der Waals surface area contributed by atoms with E-state index in [4.69, 9.17) is 16.1 Å². The van der Waals surface area contributed by atoms with Crippen LogP contribution in [0.1, 0.15) is 77.6 Å². The summed E-state index contributed by atoms with van der Waals surface area (Å²) in [5.74, 6) is 0.187. The summed E-state index contributed by atoms with van der Waals surface area (Å²) >= 11 is 5.37. The summed E-state index contributed by atoms with van der Waals surface area (Å²) in [6, 6.07) is 0. The molecule has 0 rings (SSSR count). The van der Waals surface area contributed by atoms with Crippen LogP contribution in [0.2, 0.25) is 0 Å². The molecule has 0 aliphatic carbocycles. The highest BCUT2D eigenvalue weighted by molar-refractivity contribution is 7.47. The van der Waals surface area contributed by atoms with Crippen molar-refractivity contribution in [2.45, 2.75) is 77.6 Å². The molecule has 0 aliphatic heterocycles. The van der Waals surface area contributed by atoms with Gasteiger partial charge in [-0.05, 0) is 6.42 Å². The summed E-state index contributed by atoms with van der Waals surface area (Å²) < 4.78 is 20.8. The van der Waals surface area contributed by atoms with E-state index in [1.165, 1.54) is 51.4 Å². The SMILES string of the molecule is CCCCCCCCCCCCCOP(=O)(O)OCCCl. The number of hydrogen-bond donors (Lipinski definition) is 1. The van der Waals surface area contributed by atoms with Crippen molar-refractivity contribution in [1.29, 1.82) is 0 Å². The van der Waals surface area contributed by atoms with Gasteiger partial charge >= 0.3 is 7.82 Å². The largest absolute Gasteiger partial charge is 0.472 e. The van der Waals surface area contributed by atoms with Crippen LogP contribution < -0.4 is 0 Å². The van der Waals surface area contributed by atoms with Gasteiger partial charge in [-0.3, -0.25) is 9.05 Å². The van der Waals surface area contributed by atoms with E-state index in [-0.39, 0.29) is 19.1 Å². The van der Waals surface area contributed by atoms with Gasteiger partial charge in [0.25, 0.3) is 0 Å². The first-order valence-corrected chi connectivity index (χ1v) is 10.3. The fourth-order valence-corrected chi connectivity index (χ4v) is 3.07. The summed E-state index contributed by atoms with van der Waals surface area (Å²) in [5.41, 5.74) is 0. The molecular formula is C15H32ClO4P. The van der Waals surface area contributed by atoms with Crippen molar-refractivity contribution in [2.75, 3.05) is 19.1 Å². The lowest BCUT2D eigenvalue weighted by molar-refractivity contribution is 0.153. The Kier molecular flexibility index (Phi) is 15.6. The first-order chi connectivity index (χ1) is 10.1. The van der Waals surface area contributed by atoms with Crippen LogP contribution in [0, 0.1) is 0 Å². The molecule has 0 saturated heterocycles. The van der Waals surface area contributed by atoms with E-state index in [0.29, 0.717) is 0 Å². The molecule has 6 heteroatoms. The molecule has 1 unspecified atom stereocenters. The van der Waals surface area contributed by atoms with Crippen molar-refractivity contribution in [3.05, 3.63) is 0 Å². The average Bonchev–Trinajstić information content (AvgIpc) is 2.46. The minimum atomic E-state index is -3.87. The first-order valence-electron chi connectivity index (χ1n) is 8.30. The predicted molar refractivity (Wildman–Crippen MR) is 88.9 cm³/mol. The van der Waals surface area contributed by atoms with Crippen molar-refractivity contribution in [2.24, 2.45) is 0 Å². The zero-order chi connectivity index (χ0) is 15.8. The maximum absolute atomic E-state index is 11.3. The molecule has 0 fully saturated rings. The second-order valence-corrected chi connectivity index (χ2v) is 7.19. The number of phosphoric acid groups is 1. The summed E-state index contributed by atoms with van der Waals surface area (Å²) in [6.45, 7) is 2.55.